The first-order valence-corrected chi connectivity index (χ1v) is 10.3. The Bertz CT molecular complexity index is 1100. The maximum Gasteiger partial charge on any atom is 0.0930 e. The largest absolute Gasteiger partial charge is 0.261 e. The van der Waals surface area contributed by atoms with Crippen LogP contribution in [-0.4, -0.2) is 29.9 Å². The minimum atomic E-state index is -0.350. The van der Waals surface area contributed by atoms with E-state index in [2.05, 4.69) is 22.1 Å². The van der Waals surface area contributed by atoms with Crippen LogP contribution in [0.5, 0.6) is 0 Å². The number of nitrogens with zero attached hydrogens (tertiary/aromatic N) is 6. The molecule has 1 saturated carbocycles. The Morgan fingerprint density at radius 3 is 1.63 bits per heavy atom. The van der Waals surface area contributed by atoms with Crippen LogP contribution in [0.1, 0.15) is 53.6 Å². The monoisotopic (exact) mass is 392 g/mol. The molecular formula is C24H20N6. The molecule has 0 radical (unpaired) electrons. The fourth-order valence-corrected chi connectivity index (χ4v) is 5.72. The highest BCUT2D eigenvalue weighted by atomic mass is 14.9. The third-order valence-corrected chi connectivity index (χ3v) is 6.70. The van der Waals surface area contributed by atoms with Gasteiger partial charge in [-0.15, -0.1) is 0 Å². The van der Waals surface area contributed by atoms with Crippen molar-refractivity contribution >= 4 is 0 Å². The van der Waals surface area contributed by atoms with Crippen LogP contribution in [0.3, 0.4) is 0 Å². The highest BCUT2D eigenvalue weighted by molar-refractivity contribution is 5.77. The average molecular weight is 392 g/mol. The van der Waals surface area contributed by atoms with Crippen molar-refractivity contribution in [3.8, 4) is 11.4 Å². The lowest BCUT2D eigenvalue weighted by Crippen LogP contribution is -2.43. The number of aromatic nitrogens is 6. The maximum absolute atomic E-state index is 4.77. The van der Waals surface area contributed by atoms with Crippen LogP contribution < -0.4 is 0 Å². The van der Waals surface area contributed by atoms with Gasteiger partial charge < -0.3 is 0 Å². The van der Waals surface area contributed by atoms with Crippen molar-refractivity contribution in [2.24, 2.45) is 0 Å². The van der Waals surface area contributed by atoms with E-state index in [9.17, 15) is 0 Å². The second-order valence-corrected chi connectivity index (χ2v) is 7.96. The number of rotatable bonds is 2. The summed E-state index contributed by atoms with van der Waals surface area (Å²) < 4.78 is 0. The normalized spacial score (nSPS) is 21.2. The van der Waals surface area contributed by atoms with Crippen LogP contribution in [0, 0.1) is 0 Å². The van der Waals surface area contributed by atoms with E-state index in [0.29, 0.717) is 0 Å². The van der Waals surface area contributed by atoms with Crippen molar-refractivity contribution in [2.75, 3.05) is 0 Å². The predicted molar refractivity (Wildman–Crippen MR) is 112 cm³/mol. The van der Waals surface area contributed by atoms with Crippen molar-refractivity contribution in [1.82, 2.24) is 29.9 Å². The van der Waals surface area contributed by atoms with E-state index < -0.39 is 0 Å². The minimum Gasteiger partial charge on any atom is -0.261 e. The lowest BCUT2D eigenvalue weighted by molar-refractivity contribution is 0.248. The smallest absolute Gasteiger partial charge is 0.0930 e. The third-order valence-electron chi connectivity index (χ3n) is 6.70. The van der Waals surface area contributed by atoms with Crippen LogP contribution in [0.25, 0.3) is 11.4 Å². The Kier molecular flexibility index (Phi) is 3.91. The average Bonchev–Trinajstić information content (AvgIpc) is 3.12. The second-order valence-electron chi connectivity index (χ2n) is 7.96. The molecule has 2 aliphatic rings. The minimum absolute atomic E-state index is 0.153. The predicted octanol–water partition coefficient (Wildman–Crippen LogP) is 4.07. The van der Waals surface area contributed by atoms with E-state index in [4.69, 9.17) is 19.9 Å². The maximum atomic E-state index is 4.77. The first kappa shape index (κ1) is 17.3. The summed E-state index contributed by atoms with van der Waals surface area (Å²) in [6, 6.07) is 8.48. The second kappa shape index (κ2) is 6.76. The van der Waals surface area contributed by atoms with Gasteiger partial charge in [0.05, 0.1) is 22.8 Å². The van der Waals surface area contributed by atoms with Crippen LogP contribution in [0.4, 0.5) is 0 Å². The molecule has 30 heavy (non-hydrogen) atoms. The highest BCUT2D eigenvalue weighted by Gasteiger charge is 2.57. The molecule has 2 aliphatic carbocycles. The molecule has 0 aromatic carbocycles. The fourth-order valence-electron chi connectivity index (χ4n) is 5.72. The molecule has 2 unspecified atom stereocenters. The molecule has 4 heterocycles. The Hall–Kier alpha value is -3.54. The first-order chi connectivity index (χ1) is 14.9. The standard InChI is InChI=1S/C24H20N6/c1-4-16(20-14-25-10-12-27-20)24(17(5-1)21-15-26-11-13-28-21)18-6-2-8-29-22(18)23-19(24)7-3-9-30-23/h2-3,6-17H,1,4-5H2. The molecule has 6 heteroatoms. The van der Waals surface area contributed by atoms with Crippen LogP contribution >= 0.6 is 0 Å². The summed E-state index contributed by atoms with van der Waals surface area (Å²) in [6.45, 7) is 0. The Labute approximate surface area is 174 Å². The quantitative estimate of drug-likeness (QED) is 0.512. The lowest BCUT2D eigenvalue weighted by atomic mass is 9.54. The third kappa shape index (κ3) is 2.30. The molecule has 0 amide bonds. The number of pyridine rings is 2. The van der Waals surface area contributed by atoms with Gasteiger partial charge in [0.25, 0.3) is 0 Å². The summed E-state index contributed by atoms with van der Waals surface area (Å²) >= 11 is 0. The molecule has 6 nitrogen and oxygen atoms in total. The number of hydrogen-bond donors (Lipinski definition) is 0. The Balaban J connectivity index is 1.71. The first-order valence-electron chi connectivity index (χ1n) is 10.3. The summed E-state index contributed by atoms with van der Waals surface area (Å²) in [5.41, 5.74) is 6.04. The molecule has 4 aromatic heterocycles. The summed E-state index contributed by atoms with van der Waals surface area (Å²) in [5.74, 6) is 0.306. The number of hydrogen-bond acceptors (Lipinski definition) is 6. The zero-order valence-electron chi connectivity index (χ0n) is 16.4. The van der Waals surface area contributed by atoms with E-state index in [1.54, 1.807) is 24.8 Å². The molecule has 0 aliphatic heterocycles. The lowest BCUT2D eigenvalue weighted by Gasteiger charge is -2.48. The molecular weight excluding hydrogens is 372 g/mol. The molecule has 0 N–H and O–H groups in total. The van der Waals surface area contributed by atoms with Crippen LogP contribution in [0.2, 0.25) is 0 Å². The molecule has 4 aromatic rings. The van der Waals surface area contributed by atoms with Crippen molar-refractivity contribution in [2.45, 2.75) is 36.5 Å². The summed E-state index contributed by atoms with van der Waals surface area (Å²) in [6.07, 6.45) is 17.7. The highest BCUT2D eigenvalue weighted by Crippen LogP contribution is 2.64. The van der Waals surface area contributed by atoms with E-state index >= 15 is 0 Å². The molecule has 0 saturated heterocycles. The van der Waals surface area contributed by atoms with Gasteiger partial charge in [-0.2, -0.15) is 0 Å². The van der Waals surface area contributed by atoms with Gasteiger partial charge in [0.1, 0.15) is 0 Å². The van der Waals surface area contributed by atoms with Crippen molar-refractivity contribution < 1.29 is 0 Å². The van der Waals surface area contributed by atoms with Gasteiger partial charge in [0, 0.05) is 66.8 Å². The molecule has 2 atom stereocenters. The van der Waals surface area contributed by atoms with Crippen LogP contribution in [-0.2, 0) is 5.41 Å². The van der Waals surface area contributed by atoms with Gasteiger partial charge in [0.2, 0.25) is 0 Å². The van der Waals surface area contributed by atoms with Gasteiger partial charge in [-0.3, -0.25) is 29.9 Å². The Morgan fingerprint density at radius 1 is 0.633 bits per heavy atom. The van der Waals surface area contributed by atoms with E-state index in [0.717, 1.165) is 42.0 Å². The molecule has 146 valence electrons. The van der Waals surface area contributed by atoms with E-state index in [-0.39, 0.29) is 17.3 Å². The van der Waals surface area contributed by atoms with Gasteiger partial charge in [-0.05, 0) is 36.1 Å². The fraction of sp³-hybridized carbons (Fsp3) is 0.250. The van der Waals surface area contributed by atoms with Gasteiger partial charge in [-0.25, -0.2) is 0 Å². The van der Waals surface area contributed by atoms with Crippen molar-refractivity contribution in [3.63, 3.8) is 0 Å². The summed E-state index contributed by atoms with van der Waals surface area (Å²) in [7, 11) is 0. The molecule has 1 spiro atoms. The van der Waals surface area contributed by atoms with Gasteiger partial charge in [-0.1, -0.05) is 18.6 Å². The van der Waals surface area contributed by atoms with Crippen molar-refractivity contribution in [1.29, 1.82) is 0 Å². The zero-order valence-corrected chi connectivity index (χ0v) is 16.4. The molecule has 6 rings (SSSR count). The van der Waals surface area contributed by atoms with Gasteiger partial charge >= 0.3 is 0 Å². The van der Waals surface area contributed by atoms with Crippen molar-refractivity contribution in [3.05, 3.63) is 96.4 Å². The molecule has 1 fully saturated rings. The molecule has 0 bridgehead atoms. The Morgan fingerprint density at radius 2 is 1.17 bits per heavy atom. The SMILES string of the molecule is c1cnc2c(c1)C1(c3cccnc3-2)C(c2cnccn2)CCCC1c1cnccn1. The van der Waals surface area contributed by atoms with Gasteiger partial charge in [0.15, 0.2) is 0 Å². The summed E-state index contributed by atoms with van der Waals surface area (Å²) in [5, 5.41) is 0. The van der Waals surface area contributed by atoms with Crippen LogP contribution in [0.15, 0.2) is 73.8 Å². The van der Waals surface area contributed by atoms with E-state index in [1.807, 2.05) is 36.9 Å². The number of fused-ring (bicyclic) bond motifs is 5. The summed E-state index contributed by atoms with van der Waals surface area (Å²) in [4.78, 5) is 27.9. The zero-order chi connectivity index (χ0) is 20.0. The van der Waals surface area contributed by atoms with E-state index in [1.165, 1.54) is 11.1 Å². The topological polar surface area (TPSA) is 77.3 Å².